The second kappa shape index (κ2) is 8.56. The molecular weight excluding hydrogens is 432 g/mol. The van der Waals surface area contributed by atoms with Gasteiger partial charge in [-0.15, -0.1) is 11.3 Å². The minimum atomic E-state index is -3.49. The minimum absolute atomic E-state index is 0.196. The molecule has 0 spiro atoms. The minimum Gasteiger partial charge on any atom is -0.467 e. The van der Waals surface area contributed by atoms with Crippen molar-refractivity contribution in [2.24, 2.45) is 0 Å². The number of furan rings is 1. The molecule has 2 aromatic carbocycles. The van der Waals surface area contributed by atoms with Gasteiger partial charge in [0.05, 0.1) is 36.2 Å². The van der Waals surface area contributed by atoms with Gasteiger partial charge in [0.15, 0.2) is 0 Å². The number of carbonyl (C=O) groups is 1. The summed E-state index contributed by atoms with van der Waals surface area (Å²) >= 11 is 1.37. The molecule has 160 valence electrons. The van der Waals surface area contributed by atoms with Crippen LogP contribution in [0.25, 0.3) is 10.1 Å². The maximum atomic E-state index is 12.5. The van der Waals surface area contributed by atoms with Crippen LogP contribution in [0.15, 0.2) is 71.3 Å². The van der Waals surface area contributed by atoms with Gasteiger partial charge in [-0.05, 0) is 54.3 Å². The Morgan fingerprint density at radius 2 is 1.87 bits per heavy atom. The van der Waals surface area contributed by atoms with Gasteiger partial charge in [-0.3, -0.25) is 9.10 Å². The van der Waals surface area contributed by atoms with E-state index in [1.165, 1.54) is 21.9 Å². The van der Waals surface area contributed by atoms with Gasteiger partial charge in [-0.2, -0.15) is 0 Å². The van der Waals surface area contributed by atoms with Crippen LogP contribution in [-0.4, -0.2) is 20.6 Å². The van der Waals surface area contributed by atoms with Gasteiger partial charge >= 0.3 is 0 Å². The van der Waals surface area contributed by atoms with Crippen LogP contribution in [0.3, 0.4) is 0 Å². The molecule has 0 unspecified atom stereocenters. The summed E-state index contributed by atoms with van der Waals surface area (Å²) in [6.45, 7) is 2.54. The molecule has 0 aliphatic rings. The van der Waals surface area contributed by atoms with Crippen LogP contribution < -0.4 is 9.62 Å². The van der Waals surface area contributed by atoms with Gasteiger partial charge in [0.1, 0.15) is 5.76 Å². The van der Waals surface area contributed by atoms with Gasteiger partial charge in [0, 0.05) is 4.70 Å². The third kappa shape index (κ3) is 4.98. The summed E-state index contributed by atoms with van der Waals surface area (Å²) in [6.07, 6.45) is 2.76. The molecule has 31 heavy (non-hydrogen) atoms. The largest absolute Gasteiger partial charge is 0.467 e. The molecule has 0 bridgehead atoms. The van der Waals surface area contributed by atoms with E-state index in [-0.39, 0.29) is 12.5 Å². The highest BCUT2D eigenvalue weighted by Gasteiger charge is 2.19. The van der Waals surface area contributed by atoms with Crippen LogP contribution in [0.2, 0.25) is 0 Å². The first kappa shape index (κ1) is 21.1. The molecule has 0 saturated heterocycles. The average molecular weight is 455 g/mol. The fraction of sp³-hybridized carbons (Fsp3) is 0.174. The van der Waals surface area contributed by atoms with Crippen molar-refractivity contribution >= 4 is 43.0 Å². The van der Waals surface area contributed by atoms with E-state index in [2.05, 4.69) is 5.32 Å². The summed E-state index contributed by atoms with van der Waals surface area (Å²) in [4.78, 5) is 13.1. The molecule has 1 N–H and O–H groups in total. The van der Waals surface area contributed by atoms with Crippen LogP contribution >= 0.6 is 11.3 Å². The molecule has 4 rings (SSSR count). The van der Waals surface area contributed by atoms with Crippen molar-refractivity contribution in [3.05, 3.63) is 88.7 Å². The molecule has 0 aliphatic heterocycles. The zero-order chi connectivity index (χ0) is 22.0. The molecule has 0 atom stereocenters. The Morgan fingerprint density at radius 3 is 2.55 bits per heavy atom. The van der Waals surface area contributed by atoms with Gasteiger partial charge < -0.3 is 9.73 Å². The average Bonchev–Trinajstić information content (AvgIpc) is 3.39. The Morgan fingerprint density at radius 1 is 1.10 bits per heavy atom. The first-order chi connectivity index (χ1) is 14.8. The number of anilines is 1. The number of carbonyl (C=O) groups excluding carboxylic acids is 1. The fourth-order valence-electron chi connectivity index (χ4n) is 3.22. The van der Waals surface area contributed by atoms with E-state index in [0.717, 1.165) is 21.2 Å². The SMILES string of the molecule is Cc1ccc(CN(c2ccc3sc(C(=O)NCc4ccco4)cc3c2)S(C)(=O)=O)cc1. The zero-order valence-electron chi connectivity index (χ0n) is 17.2. The predicted octanol–water partition coefficient (Wildman–Crippen LogP) is 4.70. The molecule has 0 fully saturated rings. The number of aryl methyl sites for hydroxylation is 1. The summed E-state index contributed by atoms with van der Waals surface area (Å²) in [6, 6.07) is 18.6. The first-order valence-corrected chi connectivity index (χ1v) is 12.3. The van der Waals surface area contributed by atoms with Crippen molar-refractivity contribution < 1.29 is 17.6 Å². The number of hydrogen-bond donors (Lipinski definition) is 1. The number of sulfonamides is 1. The number of nitrogens with one attached hydrogen (secondary N) is 1. The van der Waals surface area contributed by atoms with E-state index in [9.17, 15) is 13.2 Å². The van der Waals surface area contributed by atoms with E-state index < -0.39 is 10.0 Å². The third-order valence-corrected chi connectivity index (χ3v) is 7.12. The van der Waals surface area contributed by atoms with Crippen LogP contribution in [0.5, 0.6) is 0 Å². The lowest BCUT2D eigenvalue weighted by atomic mass is 10.1. The van der Waals surface area contributed by atoms with E-state index >= 15 is 0 Å². The molecule has 2 aromatic heterocycles. The monoisotopic (exact) mass is 454 g/mol. The van der Waals surface area contributed by atoms with Crippen molar-refractivity contribution in [3.8, 4) is 0 Å². The lowest BCUT2D eigenvalue weighted by Gasteiger charge is -2.22. The number of benzene rings is 2. The van der Waals surface area contributed by atoms with Crippen LogP contribution in [0.1, 0.15) is 26.6 Å². The maximum Gasteiger partial charge on any atom is 0.261 e. The Balaban J connectivity index is 1.59. The van der Waals surface area contributed by atoms with Gasteiger partial charge in [0.25, 0.3) is 5.91 Å². The molecule has 6 nitrogen and oxygen atoms in total. The van der Waals surface area contributed by atoms with E-state index in [1.807, 2.05) is 43.3 Å². The Hall–Kier alpha value is -3.10. The molecule has 2 heterocycles. The highest BCUT2D eigenvalue weighted by molar-refractivity contribution is 7.92. The van der Waals surface area contributed by atoms with E-state index in [4.69, 9.17) is 4.42 Å². The summed E-state index contributed by atoms with van der Waals surface area (Å²) in [5, 5.41) is 3.65. The van der Waals surface area contributed by atoms with Gasteiger partial charge in [0.2, 0.25) is 10.0 Å². The summed E-state index contributed by atoms with van der Waals surface area (Å²) < 4.78 is 32.5. The highest BCUT2D eigenvalue weighted by Crippen LogP contribution is 2.31. The Bertz CT molecular complexity index is 1310. The molecule has 0 saturated carbocycles. The lowest BCUT2D eigenvalue weighted by Crippen LogP contribution is -2.29. The standard InChI is InChI=1S/C23H22N2O4S2/c1-16-5-7-17(8-6-16)15-25(31(2,27)28)19-9-10-21-18(12-19)13-22(30-21)23(26)24-14-20-4-3-11-29-20/h3-13H,14-15H2,1-2H3,(H,24,26). The number of thiophene rings is 1. The Labute approximate surface area is 185 Å². The quantitative estimate of drug-likeness (QED) is 0.439. The predicted molar refractivity (Wildman–Crippen MR) is 124 cm³/mol. The molecule has 4 aromatic rings. The summed E-state index contributed by atoms with van der Waals surface area (Å²) in [5.74, 6) is 0.482. The van der Waals surface area contributed by atoms with Gasteiger partial charge in [-0.1, -0.05) is 29.8 Å². The number of rotatable bonds is 7. The van der Waals surface area contributed by atoms with Crippen LogP contribution in [-0.2, 0) is 23.1 Å². The molecule has 8 heteroatoms. The number of nitrogens with zero attached hydrogens (tertiary/aromatic N) is 1. The van der Waals surface area contributed by atoms with Crippen LogP contribution in [0, 0.1) is 6.92 Å². The zero-order valence-corrected chi connectivity index (χ0v) is 18.8. The second-order valence-electron chi connectivity index (χ2n) is 7.35. The molecular formula is C23H22N2O4S2. The maximum absolute atomic E-state index is 12.5. The molecule has 0 aliphatic carbocycles. The van der Waals surface area contributed by atoms with Crippen molar-refractivity contribution in [2.45, 2.75) is 20.0 Å². The summed E-state index contributed by atoms with van der Waals surface area (Å²) in [7, 11) is -3.49. The van der Waals surface area contributed by atoms with Crippen molar-refractivity contribution in [3.63, 3.8) is 0 Å². The fourth-order valence-corrected chi connectivity index (χ4v) is 5.06. The van der Waals surface area contributed by atoms with Crippen LogP contribution in [0.4, 0.5) is 5.69 Å². The summed E-state index contributed by atoms with van der Waals surface area (Å²) in [5.41, 5.74) is 2.59. The van der Waals surface area contributed by atoms with Crippen molar-refractivity contribution in [1.29, 1.82) is 0 Å². The molecule has 1 amide bonds. The van der Waals surface area contributed by atoms with Crippen molar-refractivity contribution in [2.75, 3.05) is 10.6 Å². The van der Waals surface area contributed by atoms with E-state index in [0.29, 0.717) is 22.9 Å². The highest BCUT2D eigenvalue weighted by atomic mass is 32.2. The number of hydrogen-bond acceptors (Lipinski definition) is 5. The van der Waals surface area contributed by atoms with Crippen molar-refractivity contribution in [1.82, 2.24) is 5.32 Å². The van der Waals surface area contributed by atoms with Gasteiger partial charge in [-0.25, -0.2) is 8.42 Å². The molecule has 0 radical (unpaired) electrons. The topological polar surface area (TPSA) is 79.6 Å². The number of fused-ring (bicyclic) bond motifs is 1. The first-order valence-electron chi connectivity index (χ1n) is 9.67. The second-order valence-corrected chi connectivity index (χ2v) is 10.3. The Kier molecular flexibility index (Phi) is 5.84. The third-order valence-electron chi connectivity index (χ3n) is 4.86. The smallest absolute Gasteiger partial charge is 0.261 e. The number of amides is 1. The van der Waals surface area contributed by atoms with E-state index in [1.54, 1.807) is 30.5 Å². The normalized spacial score (nSPS) is 11.5. The lowest BCUT2D eigenvalue weighted by molar-refractivity contribution is 0.0952.